The van der Waals surface area contributed by atoms with Gasteiger partial charge in [-0.25, -0.2) is 4.99 Å². The highest BCUT2D eigenvalue weighted by molar-refractivity contribution is 6.08. The number of rotatable bonds is 10. The number of nitrogens with one attached hydrogen (secondary N) is 1. The van der Waals surface area contributed by atoms with Gasteiger partial charge in [-0.15, -0.1) is 0 Å². The van der Waals surface area contributed by atoms with Crippen LogP contribution in [0.5, 0.6) is 11.5 Å². The van der Waals surface area contributed by atoms with Crippen LogP contribution in [0.2, 0.25) is 0 Å². The van der Waals surface area contributed by atoms with E-state index in [-0.39, 0.29) is 17.9 Å². The van der Waals surface area contributed by atoms with E-state index in [1.165, 1.54) is 6.92 Å². The Bertz CT molecular complexity index is 1040. The van der Waals surface area contributed by atoms with Gasteiger partial charge < -0.3 is 19.1 Å². The number of carbonyl (C=O) groups excluding carboxylic acids is 2. The quantitative estimate of drug-likeness (QED) is 0.440. The van der Waals surface area contributed by atoms with Gasteiger partial charge in [0.15, 0.2) is 11.5 Å². The fourth-order valence-corrected chi connectivity index (χ4v) is 4.13. The Labute approximate surface area is 193 Å². The van der Waals surface area contributed by atoms with Gasteiger partial charge in [-0.1, -0.05) is 30.3 Å². The molecule has 2 aliphatic heterocycles. The fourth-order valence-electron chi connectivity index (χ4n) is 4.13. The molecule has 2 aromatic rings. The molecule has 2 heterocycles. The maximum Gasteiger partial charge on any atom is 0.302 e. The lowest BCUT2D eigenvalue weighted by atomic mass is 10.0. The van der Waals surface area contributed by atoms with Crippen molar-refractivity contribution >= 4 is 23.5 Å². The summed E-state index contributed by atoms with van der Waals surface area (Å²) in [5.74, 6) is 1.59. The number of nitrogens with zero attached hydrogens (tertiary/aromatic N) is 2. The second-order valence-electron chi connectivity index (χ2n) is 8.10. The monoisotopic (exact) mass is 451 g/mol. The van der Waals surface area contributed by atoms with Gasteiger partial charge in [0, 0.05) is 18.9 Å². The molecule has 1 saturated heterocycles. The van der Waals surface area contributed by atoms with Gasteiger partial charge in [0.2, 0.25) is 11.9 Å². The van der Waals surface area contributed by atoms with Crippen molar-refractivity contribution in [2.75, 3.05) is 20.3 Å². The molecule has 0 saturated carbocycles. The van der Waals surface area contributed by atoms with E-state index in [1.807, 2.05) is 47.4 Å². The zero-order valence-electron chi connectivity index (χ0n) is 19.0. The molecular weight excluding hydrogens is 422 g/mol. The molecule has 33 heavy (non-hydrogen) atoms. The average molecular weight is 452 g/mol. The number of aliphatic imine (C=N–C) groups is 1. The molecule has 174 valence electrons. The molecule has 0 bridgehead atoms. The molecular formula is C25H29N3O5. The minimum Gasteiger partial charge on any atom is -0.492 e. The van der Waals surface area contributed by atoms with Crippen LogP contribution in [-0.2, 0) is 27.3 Å². The zero-order valence-corrected chi connectivity index (χ0v) is 19.0. The first kappa shape index (κ1) is 22.6. The molecule has 1 atom stereocenters. The molecule has 0 aliphatic carbocycles. The summed E-state index contributed by atoms with van der Waals surface area (Å²) in [6, 6.07) is 13.4. The number of ether oxygens (including phenoxy) is 3. The SMILES string of the molecule is COc1c(OCCCCCOC(C)=O)ccc2c1CN1C(=N2)NC(=O)C1Cc1ccccc1. The van der Waals surface area contributed by atoms with E-state index in [9.17, 15) is 9.59 Å². The minimum absolute atomic E-state index is 0.0467. The molecule has 1 N–H and O–H groups in total. The molecule has 2 aromatic carbocycles. The fraction of sp³-hybridized carbons (Fsp3) is 0.400. The summed E-state index contributed by atoms with van der Waals surface area (Å²) in [4.78, 5) is 30.2. The van der Waals surface area contributed by atoms with Crippen molar-refractivity contribution in [3.8, 4) is 11.5 Å². The standard InChI is InChI=1S/C25H29N3O5/c1-17(29)32-13-7-4-8-14-33-22-12-11-20-19(23(22)31-2)16-28-21(24(30)27-25(28)26-20)15-18-9-5-3-6-10-18/h3,5-6,9-12,21H,4,7-8,13-16H2,1-2H3,(H,26,27,30). The minimum atomic E-state index is -0.328. The van der Waals surface area contributed by atoms with Crippen LogP contribution >= 0.6 is 0 Å². The van der Waals surface area contributed by atoms with Crippen LogP contribution in [0.25, 0.3) is 0 Å². The number of hydrogen-bond donors (Lipinski definition) is 1. The zero-order chi connectivity index (χ0) is 23.2. The Morgan fingerprint density at radius 2 is 1.91 bits per heavy atom. The normalized spacial score (nSPS) is 16.4. The number of methoxy groups -OCH3 is 1. The summed E-state index contributed by atoms with van der Waals surface area (Å²) >= 11 is 0. The van der Waals surface area contributed by atoms with Crippen LogP contribution in [0, 0.1) is 0 Å². The largest absolute Gasteiger partial charge is 0.492 e. The second kappa shape index (κ2) is 10.4. The highest BCUT2D eigenvalue weighted by Crippen LogP contribution is 2.41. The molecule has 1 amide bonds. The Morgan fingerprint density at radius 1 is 1.12 bits per heavy atom. The van der Waals surface area contributed by atoms with Gasteiger partial charge in [-0.3, -0.25) is 14.9 Å². The summed E-state index contributed by atoms with van der Waals surface area (Å²) in [6.07, 6.45) is 3.15. The van der Waals surface area contributed by atoms with Crippen molar-refractivity contribution in [3.05, 3.63) is 53.6 Å². The molecule has 0 aromatic heterocycles. The van der Waals surface area contributed by atoms with Crippen LogP contribution in [-0.4, -0.2) is 49.1 Å². The van der Waals surface area contributed by atoms with Gasteiger partial charge in [-0.05, 0) is 37.0 Å². The number of benzene rings is 2. The molecule has 4 rings (SSSR count). The third-order valence-corrected chi connectivity index (χ3v) is 5.77. The summed E-state index contributed by atoms with van der Waals surface area (Å²) in [5, 5.41) is 2.92. The Morgan fingerprint density at radius 3 is 2.67 bits per heavy atom. The van der Waals surface area contributed by atoms with Crippen LogP contribution in [0.4, 0.5) is 5.69 Å². The number of hydrogen-bond acceptors (Lipinski definition) is 7. The van der Waals surface area contributed by atoms with Gasteiger partial charge in [-0.2, -0.15) is 0 Å². The summed E-state index contributed by atoms with van der Waals surface area (Å²) in [6.45, 7) is 2.89. The van der Waals surface area contributed by atoms with Crippen molar-refractivity contribution in [1.29, 1.82) is 0 Å². The van der Waals surface area contributed by atoms with E-state index in [1.54, 1.807) is 7.11 Å². The number of esters is 1. The van der Waals surface area contributed by atoms with E-state index in [4.69, 9.17) is 14.2 Å². The van der Waals surface area contributed by atoms with Crippen molar-refractivity contribution in [2.45, 2.75) is 45.2 Å². The molecule has 0 spiro atoms. The van der Waals surface area contributed by atoms with E-state index < -0.39 is 0 Å². The third kappa shape index (κ3) is 5.27. The Kier molecular flexibility index (Phi) is 7.12. The lowest BCUT2D eigenvalue weighted by Gasteiger charge is -2.29. The lowest BCUT2D eigenvalue weighted by molar-refractivity contribution is -0.141. The topological polar surface area (TPSA) is 89.5 Å². The van der Waals surface area contributed by atoms with Crippen LogP contribution in [0.1, 0.15) is 37.3 Å². The lowest BCUT2D eigenvalue weighted by Crippen LogP contribution is -2.38. The first-order valence-corrected chi connectivity index (χ1v) is 11.2. The van der Waals surface area contributed by atoms with Crippen LogP contribution in [0.3, 0.4) is 0 Å². The van der Waals surface area contributed by atoms with E-state index in [2.05, 4.69) is 10.3 Å². The molecule has 1 unspecified atom stereocenters. The van der Waals surface area contributed by atoms with Crippen molar-refractivity contribution < 1.29 is 23.8 Å². The van der Waals surface area contributed by atoms with Gasteiger partial charge in [0.25, 0.3) is 0 Å². The van der Waals surface area contributed by atoms with Gasteiger partial charge in [0.05, 0.1) is 32.6 Å². The maximum absolute atomic E-state index is 12.7. The molecule has 8 nitrogen and oxygen atoms in total. The third-order valence-electron chi connectivity index (χ3n) is 5.77. The predicted molar refractivity (Wildman–Crippen MR) is 124 cm³/mol. The number of amides is 1. The molecule has 8 heteroatoms. The Hall–Kier alpha value is -3.55. The first-order chi connectivity index (χ1) is 16.1. The Balaban J connectivity index is 1.43. The number of unbranched alkanes of at least 4 members (excludes halogenated alkanes) is 2. The molecule has 1 fully saturated rings. The second-order valence-corrected chi connectivity index (χ2v) is 8.10. The van der Waals surface area contributed by atoms with E-state index >= 15 is 0 Å². The highest BCUT2D eigenvalue weighted by Gasteiger charge is 2.40. The molecule has 0 radical (unpaired) electrons. The van der Waals surface area contributed by atoms with Gasteiger partial charge >= 0.3 is 5.97 Å². The first-order valence-electron chi connectivity index (χ1n) is 11.2. The molecule has 2 aliphatic rings. The van der Waals surface area contributed by atoms with Gasteiger partial charge in [0.1, 0.15) is 6.04 Å². The summed E-state index contributed by atoms with van der Waals surface area (Å²) in [5.41, 5.74) is 2.78. The van der Waals surface area contributed by atoms with Crippen LogP contribution in [0.15, 0.2) is 47.5 Å². The maximum atomic E-state index is 12.7. The van der Waals surface area contributed by atoms with E-state index in [0.29, 0.717) is 43.6 Å². The highest BCUT2D eigenvalue weighted by atomic mass is 16.5. The number of fused-ring (bicyclic) bond motifs is 2. The van der Waals surface area contributed by atoms with Crippen molar-refractivity contribution in [3.63, 3.8) is 0 Å². The average Bonchev–Trinajstić information content (AvgIpc) is 3.11. The van der Waals surface area contributed by atoms with Crippen LogP contribution < -0.4 is 14.8 Å². The van der Waals surface area contributed by atoms with Crippen molar-refractivity contribution in [1.82, 2.24) is 10.2 Å². The summed E-state index contributed by atoms with van der Waals surface area (Å²) < 4.78 is 16.7. The van der Waals surface area contributed by atoms with E-state index in [0.717, 1.165) is 36.1 Å². The predicted octanol–water partition coefficient (Wildman–Crippen LogP) is 3.35. The number of carbonyl (C=O) groups is 2. The summed E-state index contributed by atoms with van der Waals surface area (Å²) in [7, 11) is 1.62. The smallest absolute Gasteiger partial charge is 0.302 e. The number of guanidine groups is 1. The van der Waals surface area contributed by atoms with Crippen molar-refractivity contribution in [2.24, 2.45) is 4.99 Å².